The fourth-order valence-corrected chi connectivity index (χ4v) is 4.04. The molecule has 1 amide bonds. The first-order chi connectivity index (χ1) is 12.3. The van der Waals surface area contributed by atoms with Crippen molar-refractivity contribution < 1.29 is 4.79 Å². The van der Waals surface area contributed by atoms with E-state index in [1.54, 1.807) is 0 Å². The Bertz CT molecular complexity index is 1120. The maximum Gasteiger partial charge on any atom is 0.225 e. The largest absolute Gasteiger partial charge is 0.325 e. The number of hydrogen-bond acceptors (Lipinski definition) is 1. The van der Waals surface area contributed by atoms with Gasteiger partial charge in [0.1, 0.15) is 0 Å². The van der Waals surface area contributed by atoms with Crippen molar-refractivity contribution in [3.05, 3.63) is 90.0 Å². The van der Waals surface area contributed by atoms with E-state index >= 15 is 0 Å². The van der Waals surface area contributed by atoms with Crippen LogP contribution in [0.5, 0.6) is 0 Å². The molecule has 1 aliphatic rings. The van der Waals surface area contributed by atoms with E-state index in [9.17, 15) is 4.79 Å². The predicted octanol–water partition coefficient (Wildman–Crippen LogP) is 5.47. The first kappa shape index (κ1) is 14.2. The number of fused-ring (bicyclic) bond motifs is 4. The van der Waals surface area contributed by atoms with E-state index in [1.165, 1.54) is 21.9 Å². The van der Waals surface area contributed by atoms with Gasteiger partial charge in [-0.15, -0.1) is 0 Å². The van der Waals surface area contributed by atoms with Gasteiger partial charge in [-0.2, -0.15) is 0 Å². The zero-order chi connectivity index (χ0) is 16.8. The highest BCUT2D eigenvalue weighted by Gasteiger charge is 2.28. The van der Waals surface area contributed by atoms with Crippen LogP contribution in [0, 0.1) is 0 Å². The van der Waals surface area contributed by atoms with E-state index < -0.39 is 0 Å². The van der Waals surface area contributed by atoms with Gasteiger partial charge in [0.2, 0.25) is 5.91 Å². The zero-order valence-electron chi connectivity index (χ0n) is 13.7. The van der Waals surface area contributed by atoms with Gasteiger partial charge in [-0.05, 0) is 27.3 Å². The highest BCUT2D eigenvalue weighted by atomic mass is 16.1. The fourth-order valence-electron chi connectivity index (χ4n) is 4.04. The van der Waals surface area contributed by atoms with Gasteiger partial charge in [-0.3, -0.25) is 4.79 Å². The van der Waals surface area contributed by atoms with Crippen molar-refractivity contribution in [2.45, 2.75) is 12.3 Å². The summed E-state index contributed by atoms with van der Waals surface area (Å²) in [5.41, 5.74) is 3.39. The zero-order valence-corrected chi connectivity index (χ0v) is 13.7. The van der Waals surface area contributed by atoms with Crippen molar-refractivity contribution >= 4 is 33.1 Å². The minimum atomic E-state index is 0.0828. The summed E-state index contributed by atoms with van der Waals surface area (Å²) in [6.07, 6.45) is 0.485. The molecular formula is C23H17NO. The number of hydrogen-bond donors (Lipinski definition) is 1. The smallest absolute Gasteiger partial charge is 0.225 e. The Morgan fingerprint density at radius 1 is 0.680 bits per heavy atom. The Balaban J connectivity index is 1.79. The van der Waals surface area contributed by atoms with E-state index in [4.69, 9.17) is 0 Å². The van der Waals surface area contributed by atoms with Crippen LogP contribution in [0.1, 0.15) is 23.5 Å². The molecule has 0 saturated carbocycles. The van der Waals surface area contributed by atoms with Gasteiger partial charge in [0.15, 0.2) is 0 Å². The monoisotopic (exact) mass is 323 g/mol. The molecule has 0 bridgehead atoms. The van der Waals surface area contributed by atoms with E-state index in [0.717, 1.165) is 16.5 Å². The summed E-state index contributed by atoms with van der Waals surface area (Å²) in [6.45, 7) is 0. The summed E-state index contributed by atoms with van der Waals surface area (Å²) < 4.78 is 0. The number of carbonyl (C=O) groups excluding carboxylic acids is 1. The summed E-state index contributed by atoms with van der Waals surface area (Å²) in [4.78, 5) is 12.5. The van der Waals surface area contributed by atoms with Crippen LogP contribution in [0.25, 0.3) is 21.5 Å². The SMILES string of the molecule is O=C1C[C@@H](c2cccc3ccccc23)c2ccc3ccccc3c2N1. The van der Waals surface area contributed by atoms with Gasteiger partial charge in [-0.25, -0.2) is 0 Å². The number of nitrogens with one attached hydrogen (secondary N) is 1. The second-order valence-corrected chi connectivity index (χ2v) is 6.62. The molecule has 1 N–H and O–H groups in total. The molecular weight excluding hydrogens is 306 g/mol. The first-order valence-electron chi connectivity index (χ1n) is 8.60. The van der Waals surface area contributed by atoms with Crippen molar-refractivity contribution in [1.29, 1.82) is 0 Å². The number of amides is 1. The molecule has 1 aliphatic heterocycles. The number of carbonyl (C=O) groups is 1. The van der Waals surface area contributed by atoms with E-state index in [-0.39, 0.29) is 11.8 Å². The Hall–Kier alpha value is -3.13. The molecule has 0 spiro atoms. The normalized spacial score (nSPS) is 16.6. The van der Waals surface area contributed by atoms with Gasteiger partial charge in [-0.1, -0.05) is 78.9 Å². The number of rotatable bonds is 1. The predicted molar refractivity (Wildman–Crippen MR) is 103 cm³/mol. The minimum Gasteiger partial charge on any atom is -0.325 e. The van der Waals surface area contributed by atoms with Crippen LogP contribution in [-0.4, -0.2) is 5.91 Å². The van der Waals surface area contributed by atoms with E-state index in [0.29, 0.717) is 6.42 Å². The Labute approximate surface area is 146 Å². The Kier molecular flexibility index (Phi) is 3.10. The Morgan fingerprint density at radius 2 is 1.36 bits per heavy atom. The molecule has 0 radical (unpaired) electrons. The maximum atomic E-state index is 12.5. The first-order valence-corrected chi connectivity index (χ1v) is 8.60. The third-order valence-corrected chi connectivity index (χ3v) is 5.19. The van der Waals surface area contributed by atoms with Gasteiger partial charge in [0, 0.05) is 17.7 Å². The highest BCUT2D eigenvalue weighted by molar-refractivity contribution is 6.06. The second-order valence-electron chi connectivity index (χ2n) is 6.62. The summed E-state index contributed by atoms with van der Waals surface area (Å²) in [7, 11) is 0. The third-order valence-electron chi connectivity index (χ3n) is 5.19. The van der Waals surface area contributed by atoms with Crippen molar-refractivity contribution in [1.82, 2.24) is 0 Å². The third kappa shape index (κ3) is 2.22. The van der Waals surface area contributed by atoms with Crippen LogP contribution in [-0.2, 0) is 4.79 Å². The molecule has 5 rings (SSSR count). The highest BCUT2D eigenvalue weighted by Crippen LogP contribution is 2.42. The summed E-state index contributed by atoms with van der Waals surface area (Å²) in [5, 5.41) is 7.82. The van der Waals surface area contributed by atoms with E-state index in [1.807, 2.05) is 12.1 Å². The average molecular weight is 323 g/mol. The molecule has 1 atom stereocenters. The van der Waals surface area contributed by atoms with Crippen LogP contribution in [0.2, 0.25) is 0 Å². The number of anilines is 1. The second kappa shape index (κ2) is 5.45. The van der Waals surface area contributed by atoms with E-state index in [2.05, 4.69) is 72.0 Å². The lowest BCUT2D eigenvalue weighted by Gasteiger charge is -2.28. The van der Waals surface area contributed by atoms with Crippen LogP contribution >= 0.6 is 0 Å². The van der Waals surface area contributed by atoms with Crippen LogP contribution in [0.3, 0.4) is 0 Å². The van der Waals surface area contributed by atoms with Gasteiger partial charge >= 0.3 is 0 Å². The molecule has 0 unspecified atom stereocenters. The van der Waals surface area contributed by atoms with Gasteiger partial charge in [0.05, 0.1) is 5.69 Å². The summed E-state index contributed by atoms with van der Waals surface area (Å²) in [6, 6.07) is 27.3. The fraction of sp³-hybridized carbons (Fsp3) is 0.0870. The molecule has 25 heavy (non-hydrogen) atoms. The lowest BCUT2D eigenvalue weighted by Crippen LogP contribution is -2.23. The Morgan fingerprint density at radius 3 is 2.20 bits per heavy atom. The molecule has 0 aliphatic carbocycles. The summed E-state index contributed by atoms with van der Waals surface area (Å²) >= 11 is 0. The molecule has 2 nitrogen and oxygen atoms in total. The van der Waals surface area contributed by atoms with Crippen molar-refractivity contribution in [3.63, 3.8) is 0 Å². The molecule has 4 aromatic carbocycles. The quantitative estimate of drug-likeness (QED) is 0.494. The van der Waals surface area contributed by atoms with Crippen LogP contribution < -0.4 is 5.32 Å². The molecule has 0 aromatic heterocycles. The topological polar surface area (TPSA) is 29.1 Å². The molecule has 1 heterocycles. The van der Waals surface area contributed by atoms with Crippen molar-refractivity contribution in [3.8, 4) is 0 Å². The summed E-state index contributed by atoms with van der Waals surface area (Å²) in [5.74, 6) is 0.168. The number of benzene rings is 4. The van der Waals surface area contributed by atoms with Gasteiger partial charge in [0.25, 0.3) is 0 Å². The van der Waals surface area contributed by atoms with Gasteiger partial charge < -0.3 is 5.32 Å². The average Bonchev–Trinajstić information content (AvgIpc) is 2.67. The lowest BCUT2D eigenvalue weighted by molar-refractivity contribution is -0.116. The molecule has 120 valence electrons. The van der Waals surface area contributed by atoms with Crippen LogP contribution in [0.4, 0.5) is 5.69 Å². The minimum absolute atomic E-state index is 0.0828. The molecule has 2 heteroatoms. The maximum absolute atomic E-state index is 12.5. The standard InChI is InChI=1S/C23H17NO/c25-22-14-21(19-11-5-8-15-6-1-3-9-17(15)19)20-13-12-16-7-2-4-10-18(16)23(20)24-22/h1-13,21H,14H2,(H,24,25)/t21-/m0/s1. The van der Waals surface area contributed by atoms with Crippen molar-refractivity contribution in [2.75, 3.05) is 5.32 Å². The van der Waals surface area contributed by atoms with Crippen LogP contribution in [0.15, 0.2) is 78.9 Å². The molecule has 4 aromatic rings. The molecule has 0 fully saturated rings. The van der Waals surface area contributed by atoms with Crippen molar-refractivity contribution in [2.24, 2.45) is 0 Å². The molecule has 0 saturated heterocycles. The lowest BCUT2D eigenvalue weighted by atomic mass is 9.81.